The average Bonchev–Trinajstić information content (AvgIpc) is 2.42. The van der Waals surface area contributed by atoms with Crippen LogP contribution in [0.1, 0.15) is 13.8 Å². The van der Waals surface area contributed by atoms with Crippen LogP contribution in [0.4, 0.5) is 0 Å². The van der Waals surface area contributed by atoms with Crippen molar-refractivity contribution in [2.45, 2.75) is 13.8 Å². The molecular weight excluding hydrogens is 405 g/mol. The summed E-state index contributed by atoms with van der Waals surface area (Å²) in [4.78, 5) is 4.42. The lowest BCUT2D eigenvalue weighted by molar-refractivity contribution is 0.227. The van der Waals surface area contributed by atoms with Crippen molar-refractivity contribution >= 4 is 57.7 Å². The van der Waals surface area contributed by atoms with Crippen LogP contribution in [0.25, 0.3) is 10.9 Å². The summed E-state index contributed by atoms with van der Waals surface area (Å²) in [6, 6.07) is 5.77. The first-order valence-corrected chi connectivity index (χ1v) is 8.60. The molecule has 2 nitrogen and oxygen atoms in total. The highest BCUT2D eigenvalue weighted by atomic mass is 127. The lowest BCUT2D eigenvalue weighted by atomic mass is 9.99. The molecule has 0 aliphatic heterocycles. The SMILES string of the molecule is CC(C)C(CS)COc1c(I)cc(Cl)c2cccnc12. The van der Waals surface area contributed by atoms with Gasteiger partial charge in [-0.15, -0.1) is 0 Å². The fraction of sp³-hybridized carbons (Fsp3) is 0.400. The van der Waals surface area contributed by atoms with E-state index in [9.17, 15) is 0 Å². The molecule has 20 heavy (non-hydrogen) atoms. The zero-order valence-electron chi connectivity index (χ0n) is 11.4. The largest absolute Gasteiger partial charge is 0.490 e. The Labute approximate surface area is 143 Å². The minimum absolute atomic E-state index is 0.420. The van der Waals surface area contributed by atoms with Crippen LogP contribution >= 0.6 is 46.8 Å². The molecule has 0 bridgehead atoms. The van der Waals surface area contributed by atoms with Gasteiger partial charge in [0.25, 0.3) is 0 Å². The predicted octanol–water partition coefficient (Wildman–Crippen LogP) is 5.07. The second kappa shape index (κ2) is 7.18. The van der Waals surface area contributed by atoms with Crippen molar-refractivity contribution in [1.29, 1.82) is 0 Å². The van der Waals surface area contributed by atoms with Gasteiger partial charge in [0.05, 0.1) is 15.2 Å². The number of hydrogen-bond donors (Lipinski definition) is 1. The van der Waals surface area contributed by atoms with Crippen LogP contribution < -0.4 is 4.74 Å². The third kappa shape index (κ3) is 3.52. The second-order valence-electron chi connectivity index (χ2n) is 5.07. The maximum Gasteiger partial charge on any atom is 0.158 e. The summed E-state index contributed by atoms with van der Waals surface area (Å²) in [6.45, 7) is 5.02. The van der Waals surface area contributed by atoms with Crippen LogP contribution in [0, 0.1) is 15.4 Å². The van der Waals surface area contributed by atoms with Crippen molar-refractivity contribution in [3.05, 3.63) is 33.0 Å². The van der Waals surface area contributed by atoms with E-state index in [4.69, 9.17) is 16.3 Å². The molecule has 0 N–H and O–H groups in total. The van der Waals surface area contributed by atoms with E-state index < -0.39 is 0 Å². The summed E-state index contributed by atoms with van der Waals surface area (Å²) in [7, 11) is 0. The minimum Gasteiger partial charge on any atom is -0.490 e. The van der Waals surface area contributed by atoms with E-state index in [1.807, 2.05) is 18.2 Å². The van der Waals surface area contributed by atoms with Gasteiger partial charge in [0, 0.05) is 17.5 Å². The van der Waals surface area contributed by atoms with Crippen LogP contribution in [-0.4, -0.2) is 17.3 Å². The zero-order valence-corrected chi connectivity index (χ0v) is 15.2. The molecule has 0 fully saturated rings. The van der Waals surface area contributed by atoms with Crippen molar-refractivity contribution in [2.24, 2.45) is 11.8 Å². The van der Waals surface area contributed by atoms with Crippen molar-refractivity contribution < 1.29 is 4.74 Å². The fourth-order valence-corrected chi connectivity index (χ4v) is 3.63. The van der Waals surface area contributed by atoms with Gasteiger partial charge in [-0.1, -0.05) is 25.4 Å². The van der Waals surface area contributed by atoms with Gasteiger partial charge in [0.15, 0.2) is 5.75 Å². The molecule has 0 saturated heterocycles. The van der Waals surface area contributed by atoms with Gasteiger partial charge >= 0.3 is 0 Å². The van der Waals surface area contributed by atoms with E-state index in [0.717, 1.165) is 26.0 Å². The molecule has 0 spiro atoms. The second-order valence-corrected chi connectivity index (χ2v) is 7.00. The summed E-state index contributed by atoms with van der Waals surface area (Å²) in [5.41, 5.74) is 0.825. The number of halogens is 2. The van der Waals surface area contributed by atoms with Crippen molar-refractivity contribution in [3.63, 3.8) is 0 Å². The molecule has 108 valence electrons. The van der Waals surface area contributed by atoms with Crippen molar-refractivity contribution in [1.82, 2.24) is 4.98 Å². The molecule has 1 atom stereocenters. The predicted molar refractivity (Wildman–Crippen MR) is 97.1 cm³/mol. The third-order valence-corrected chi connectivity index (χ3v) is 4.95. The molecule has 0 saturated carbocycles. The lowest BCUT2D eigenvalue weighted by Gasteiger charge is -2.20. The molecule has 5 heteroatoms. The van der Waals surface area contributed by atoms with Crippen molar-refractivity contribution in [3.8, 4) is 5.75 Å². The van der Waals surface area contributed by atoms with E-state index >= 15 is 0 Å². The number of pyridine rings is 1. The molecule has 0 aliphatic rings. The summed E-state index contributed by atoms with van der Waals surface area (Å²) in [5.74, 6) is 2.59. The molecule has 2 aromatic rings. The standard InChI is InChI=1S/C15H17ClINOS/c1-9(2)10(8-20)7-19-15-13(17)6-12(16)11-4-3-5-18-14(11)15/h3-6,9-10,20H,7-8H2,1-2H3. The van der Waals surface area contributed by atoms with E-state index in [1.54, 1.807) is 6.20 Å². The first kappa shape index (κ1) is 16.2. The Kier molecular flexibility index (Phi) is 5.81. The van der Waals surface area contributed by atoms with Gasteiger partial charge < -0.3 is 4.74 Å². The minimum atomic E-state index is 0.420. The van der Waals surface area contributed by atoms with E-state index in [-0.39, 0.29) is 0 Å². The Balaban J connectivity index is 2.34. The number of rotatable bonds is 5. The fourth-order valence-electron chi connectivity index (χ4n) is 1.93. The monoisotopic (exact) mass is 421 g/mol. The van der Waals surface area contributed by atoms with Gasteiger partial charge in [0.1, 0.15) is 5.52 Å². The maximum absolute atomic E-state index is 6.26. The van der Waals surface area contributed by atoms with Gasteiger partial charge in [0.2, 0.25) is 0 Å². The Morgan fingerprint density at radius 2 is 2.20 bits per heavy atom. The van der Waals surface area contributed by atoms with Crippen LogP contribution in [0.2, 0.25) is 5.02 Å². The van der Waals surface area contributed by atoms with E-state index in [2.05, 4.69) is 54.1 Å². The molecule has 0 aliphatic carbocycles. The highest BCUT2D eigenvalue weighted by Crippen LogP contribution is 2.35. The summed E-state index contributed by atoms with van der Waals surface area (Å²) in [5, 5.41) is 1.64. The van der Waals surface area contributed by atoms with Crippen LogP contribution in [0.5, 0.6) is 5.75 Å². The molecule has 1 unspecified atom stereocenters. The molecule has 1 aromatic heterocycles. The molecule has 0 radical (unpaired) electrons. The average molecular weight is 422 g/mol. The normalized spacial score (nSPS) is 12.9. The van der Waals surface area contributed by atoms with Crippen LogP contribution in [-0.2, 0) is 0 Å². The Bertz CT molecular complexity index is 606. The summed E-state index contributed by atoms with van der Waals surface area (Å²) in [6.07, 6.45) is 1.76. The molecular formula is C15H17ClINOS. The summed E-state index contributed by atoms with van der Waals surface area (Å²) >= 11 is 12.9. The number of aromatic nitrogens is 1. The first-order valence-electron chi connectivity index (χ1n) is 6.51. The number of nitrogens with zero attached hydrogens (tertiary/aromatic N) is 1. The Morgan fingerprint density at radius 1 is 1.45 bits per heavy atom. The molecule has 1 aromatic carbocycles. The van der Waals surface area contributed by atoms with E-state index in [0.29, 0.717) is 23.5 Å². The van der Waals surface area contributed by atoms with Crippen molar-refractivity contribution in [2.75, 3.05) is 12.4 Å². The number of hydrogen-bond acceptors (Lipinski definition) is 3. The lowest BCUT2D eigenvalue weighted by Crippen LogP contribution is -2.20. The number of ether oxygens (including phenoxy) is 1. The zero-order chi connectivity index (χ0) is 14.7. The van der Waals surface area contributed by atoms with Crippen LogP contribution in [0.3, 0.4) is 0 Å². The number of benzene rings is 1. The van der Waals surface area contributed by atoms with E-state index in [1.165, 1.54) is 0 Å². The maximum atomic E-state index is 6.26. The highest BCUT2D eigenvalue weighted by molar-refractivity contribution is 14.1. The Hall–Kier alpha value is -0.200. The van der Waals surface area contributed by atoms with Gasteiger partial charge in [-0.05, 0) is 52.5 Å². The smallest absolute Gasteiger partial charge is 0.158 e. The van der Waals surface area contributed by atoms with Crippen LogP contribution in [0.15, 0.2) is 24.4 Å². The Morgan fingerprint density at radius 3 is 2.85 bits per heavy atom. The first-order chi connectivity index (χ1) is 9.54. The molecule has 2 rings (SSSR count). The highest BCUT2D eigenvalue weighted by Gasteiger charge is 2.16. The third-order valence-electron chi connectivity index (χ3n) is 3.37. The topological polar surface area (TPSA) is 22.1 Å². The number of fused-ring (bicyclic) bond motifs is 1. The quantitative estimate of drug-likeness (QED) is 0.537. The van der Waals surface area contributed by atoms with Gasteiger partial charge in [-0.25, -0.2) is 0 Å². The molecule has 1 heterocycles. The summed E-state index contributed by atoms with van der Waals surface area (Å²) < 4.78 is 7.03. The van der Waals surface area contributed by atoms with Gasteiger partial charge in [-0.3, -0.25) is 4.98 Å². The molecule has 0 amide bonds. The number of thiol groups is 1. The van der Waals surface area contributed by atoms with Gasteiger partial charge in [-0.2, -0.15) is 12.6 Å².